The molecule has 0 saturated heterocycles. The normalized spacial score (nSPS) is 26.2. The monoisotopic (exact) mass is 180 g/mol. The van der Waals surface area contributed by atoms with Gasteiger partial charge in [0.2, 0.25) is 0 Å². The summed E-state index contributed by atoms with van der Waals surface area (Å²) < 4.78 is 0. The molecule has 13 heavy (non-hydrogen) atoms. The maximum atomic E-state index is 4.45. The lowest BCUT2D eigenvalue weighted by atomic mass is 9.99. The van der Waals surface area contributed by atoms with Crippen molar-refractivity contribution >= 4 is 6.21 Å². The Morgan fingerprint density at radius 1 is 1.31 bits per heavy atom. The summed E-state index contributed by atoms with van der Waals surface area (Å²) in [5, 5.41) is 0. The molecule has 2 heteroatoms. The molecule has 0 spiro atoms. The van der Waals surface area contributed by atoms with Crippen molar-refractivity contribution in [3.05, 3.63) is 12.2 Å². The van der Waals surface area contributed by atoms with Crippen molar-refractivity contribution in [2.45, 2.75) is 32.7 Å². The first kappa shape index (κ1) is 10.5. The molecule has 0 saturated carbocycles. The highest BCUT2D eigenvalue weighted by Gasteiger charge is 2.21. The van der Waals surface area contributed by atoms with E-state index in [1.807, 2.05) is 12.3 Å². The predicted molar refractivity (Wildman–Crippen MR) is 58.4 cm³/mol. The molecular formula is C11H20N2. The second-order valence-electron chi connectivity index (χ2n) is 3.77. The van der Waals surface area contributed by atoms with Crippen LogP contribution in [0.3, 0.4) is 0 Å². The summed E-state index contributed by atoms with van der Waals surface area (Å²) in [6.07, 6.45) is 7.27. The average molecular weight is 180 g/mol. The fourth-order valence-electron chi connectivity index (χ4n) is 1.58. The lowest BCUT2D eigenvalue weighted by Gasteiger charge is -2.24. The van der Waals surface area contributed by atoms with Crippen LogP contribution < -0.4 is 0 Å². The second kappa shape index (κ2) is 4.56. The Kier molecular flexibility index (Phi) is 3.67. The van der Waals surface area contributed by atoms with Gasteiger partial charge in [-0.1, -0.05) is 19.9 Å². The summed E-state index contributed by atoms with van der Waals surface area (Å²) in [6, 6.07) is 0. The third-order valence-electron chi connectivity index (χ3n) is 2.74. The van der Waals surface area contributed by atoms with Gasteiger partial charge in [0.15, 0.2) is 0 Å². The van der Waals surface area contributed by atoms with E-state index < -0.39 is 0 Å². The van der Waals surface area contributed by atoms with Gasteiger partial charge in [-0.05, 0) is 32.5 Å². The minimum atomic E-state index is 0.0720. The minimum Gasteiger partial charge on any atom is -0.304 e. The molecule has 0 fully saturated rings. The Morgan fingerprint density at radius 2 is 2.00 bits per heavy atom. The number of aliphatic imine (C=N–C) groups is 1. The molecule has 0 N–H and O–H groups in total. The van der Waals surface area contributed by atoms with E-state index in [9.17, 15) is 0 Å². The molecule has 1 aliphatic heterocycles. The first-order valence-corrected chi connectivity index (χ1v) is 5.15. The predicted octanol–water partition coefficient (Wildman–Crippen LogP) is 2.12. The summed E-state index contributed by atoms with van der Waals surface area (Å²) >= 11 is 0. The Morgan fingerprint density at radius 3 is 2.46 bits per heavy atom. The molecule has 2 nitrogen and oxygen atoms in total. The van der Waals surface area contributed by atoms with Gasteiger partial charge < -0.3 is 4.90 Å². The van der Waals surface area contributed by atoms with Crippen LogP contribution in [0.15, 0.2) is 17.1 Å². The highest BCUT2D eigenvalue weighted by molar-refractivity contribution is 5.75. The lowest BCUT2D eigenvalue weighted by molar-refractivity contribution is 0.281. The van der Waals surface area contributed by atoms with Crippen LogP contribution in [-0.4, -0.2) is 36.3 Å². The molecule has 0 radical (unpaired) electrons. The molecule has 1 rings (SSSR count). The third-order valence-corrected chi connectivity index (χ3v) is 2.74. The van der Waals surface area contributed by atoms with Gasteiger partial charge in [0.1, 0.15) is 0 Å². The van der Waals surface area contributed by atoms with Gasteiger partial charge >= 0.3 is 0 Å². The number of allylic oxidation sites excluding steroid dienone is 1. The van der Waals surface area contributed by atoms with E-state index >= 15 is 0 Å². The first-order chi connectivity index (χ1) is 6.20. The molecule has 1 atom stereocenters. The van der Waals surface area contributed by atoms with Crippen LogP contribution in [0.1, 0.15) is 27.2 Å². The van der Waals surface area contributed by atoms with Crippen molar-refractivity contribution in [1.82, 2.24) is 4.90 Å². The molecule has 1 unspecified atom stereocenters. The third kappa shape index (κ3) is 2.96. The Labute approximate surface area is 81.3 Å². The first-order valence-electron chi connectivity index (χ1n) is 5.15. The van der Waals surface area contributed by atoms with E-state index in [1.54, 1.807) is 0 Å². The van der Waals surface area contributed by atoms with E-state index in [-0.39, 0.29) is 5.54 Å². The summed E-state index contributed by atoms with van der Waals surface area (Å²) in [5.41, 5.74) is 0.0720. The van der Waals surface area contributed by atoms with Crippen LogP contribution in [0, 0.1) is 0 Å². The van der Waals surface area contributed by atoms with Crippen molar-refractivity contribution in [2.24, 2.45) is 4.99 Å². The van der Waals surface area contributed by atoms with Crippen molar-refractivity contribution < 1.29 is 0 Å². The molecule has 1 aliphatic rings. The molecule has 0 aliphatic carbocycles. The van der Waals surface area contributed by atoms with E-state index in [1.165, 1.54) is 0 Å². The van der Waals surface area contributed by atoms with Gasteiger partial charge in [-0.15, -0.1) is 0 Å². The summed E-state index contributed by atoms with van der Waals surface area (Å²) in [5.74, 6) is 0. The van der Waals surface area contributed by atoms with Crippen LogP contribution in [-0.2, 0) is 0 Å². The Hall–Kier alpha value is -0.630. The summed E-state index contributed by atoms with van der Waals surface area (Å²) in [7, 11) is 0. The summed E-state index contributed by atoms with van der Waals surface area (Å²) in [6.45, 7) is 10.0. The minimum absolute atomic E-state index is 0.0720. The van der Waals surface area contributed by atoms with Crippen molar-refractivity contribution in [1.29, 1.82) is 0 Å². The van der Waals surface area contributed by atoms with Crippen LogP contribution in [0.2, 0.25) is 0 Å². The molecule has 0 aromatic heterocycles. The van der Waals surface area contributed by atoms with Crippen LogP contribution in [0.25, 0.3) is 0 Å². The molecule has 0 bridgehead atoms. The molecular weight excluding hydrogens is 160 g/mol. The zero-order valence-electron chi connectivity index (χ0n) is 8.95. The van der Waals surface area contributed by atoms with Gasteiger partial charge in [0.25, 0.3) is 0 Å². The van der Waals surface area contributed by atoms with Crippen molar-refractivity contribution in [3.8, 4) is 0 Å². The van der Waals surface area contributed by atoms with E-state index in [0.29, 0.717) is 0 Å². The van der Waals surface area contributed by atoms with Crippen LogP contribution in [0.5, 0.6) is 0 Å². The largest absolute Gasteiger partial charge is 0.304 e. The maximum absolute atomic E-state index is 4.45. The second-order valence-corrected chi connectivity index (χ2v) is 3.77. The smallest absolute Gasteiger partial charge is 0.0775 e. The highest BCUT2D eigenvalue weighted by atomic mass is 15.1. The number of hydrogen-bond donors (Lipinski definition) is 0. The Balaban J connectivity index is 2.33. The van der Waals surface area contributed by atoms with E-state index in [2.05, 4.69) is 36.7 Å². The van der Waals surface area contributed by atoms with Gasteiger partial charge in [0.05, 0.1) is 5.54 Å². The van der Waals surface area contributed by atoms with Gasteiger partial charge in [-0.2, -0.15) is 0 Å². The quantitative estimate of drug-likeness (QED) is 0.632. The molecule has 0 aromatic rings. The molecule has 0 aromatic carbocycles. The Bertz CT molecular complexity index is 190. The van der Waals surface area contributed by atoms with Crippen LogP contribution >= 0.6 is 0 Å². The zero-order valence-corrected chi connectivity index (χ0v) is 8.95. The molecule has 1 heterocycles. The fraction of sp³-hybridized carbons (Fsp3) is 0.727. The zero-order chi connectivity index (χ0) is 9.73. The SMILES string of the molecule is CCN(CC)CCC1(C)C=CC=N1. The maximum Gasteiger partial charge on any atom is 0.0775 e. The number of nitrogens with zero attached hydrogens (tertiary/aromatic N) is 2. The van der Waals surface area contributed by atoms with Crippen LogP contribution in [0.4, 0.5) is 0 Å². The van der Waals surface area contributed by atoms with Gasteiger partial charge in [-0.3, -0.25) is 4.99 Å². The topological polar surface area (TPSA) is 15.6 Å². The number of rotatable bonds is 5. The standard InChI is InChI=1S/C11H20N2/c1-4-13(5-2)10-8-11(3)7-6-9-12-11/h6-7,9H,4-5,8,10H2,1-3H3. The number of hydrogen-bond acceptors (Lipinski definition) is 2. The van der Waals surface area contributed by atoms with Crippen molar-refractivity contribution in [2.75, 3.05) is 19.6 Å². The lowest BCUT2D eigenvalue weighted by Crippen LogP contribution is -2.29. The fourth-order valence-corrected chi connectivity index (χ4v) is 1.58. The highest BCUT2D eigenvalue weighted by Crippen LogP contribution is 2.20. The van der Waals surface area contributed by atoms with Gasteiger partial charge in [-0.25, -0.2) is 0 Å². The van der Waals surface area contributed by atoms with E-state index in [0.717, 1.165) is 26.1 Å². The summed E-state index contributed by atoms with van der Waals surface area (Å²) in [4.78, 5) is 6.88. The van der Waals surface area contributed by atoms with E-state index in [4.69, 9.17) is 0 Å². The van der Waals surface area contributed by atoms with Crippen molar-refractivity contribution in [3.63, 3.8) is 0 Å². The average Bonchev–Trinajstić information content (AvgIpc) is 2.55. The van der Waals surface area contributed by atoms with Gasteiger partial charge in [0, 0.05) is 12.8 Å². The molecule has 0 amide bonds. The molecule has 74 valence electrons.